The smallest absolute Gasteiger partial charge is 0.269 e. The number of benzene rings is 2. The number of pyridine rings is 1. The number of rotatable bonds is 9. The normalized spacial score (nSPS) is 12.8. The van der Waals surface area contributed by atoms with Crippen molar-refractivity contribution in [1.82, 2.24) is 15.2 Å². The van der Waals surface area contributed by atoms with Gasteiger partial charge in [0, 0.05) is 25.3 Å². The molecule has 1 aliphatic heterocycles. The van der Waals surface area contributed by atoms with E-state index in [1.807, 2.05) is 30.0 Å². The molecule has 0 aliphatic carbocycles. The van der Waals surface area contributed by atoms with Crippen molar-refractivity contribution in [3.63, 3.8) is 0 Å². The van der Waals surface area contributed by atoms with Gasteiger partial charge in [0.15, 0.2) is 11.5 Å². The van der Waals surface area contributed by atoms with E-state index in [9.17, 15) is 9.59 Å². The van der Waals surface area contributed by atoms with Crippen LogP contribution in [0, 0.1) is 0 Å². The number of para-hydroxylation sites is 1. The molecule has 0 fully saturated rings. The number of carbonyl (C=O) groups excluding carboxylic acids is 2. The van der Waals surface area contributed by atoms with Crippen LogP contribution in [0.3, 0.4) is 0 Å². The lowest BCUT2D eigenvalue weighted by Crippen LogP contribution is -2.43. The molecule has 170 valence electrons. The summed E-state index contributed by atoms with van der Waals surface area (Å²) < 4.78 is 11.0. The molecule has 0 bridgehead atoms. The quantitative estimate of drug-likeness (QED) is 0.543. The van der Waals surface area contributed by atoms with Crippen molar-refractivity contribution in [3.8, 4) is 11.5 Å². The largest absolute Gasteiger partial charge is 0.454 e. The van der Waals surface area contributed by atoms with Gasteiger partial charge >= 0.3 is 0 Å². The first-order valence-electron chi connectivity index (χ1n) is 11.1. The number of likely N-dealkylation sites (N-methyl/N-ethyl adjacent to an activating group) is 1. The summed E-state index contributed by atoms with van der Waals surface area (Å²) in [6.45, 7) is 3.01. The molecule has 2 amide bonds. The minimum atomic E-state index is -0.227. The van der Waals surface area contributed by atoms with E-state index < -0.39 is 0 Å². The average Bonchev–Trinajstić information content (AvgIpc) is 3.34. The van der Waals surface area contributed by atoms with Gasteiger partial charge in [0.2, 0.25) is 6.79 Å². The maximum atomic E-state index is 13.6. The van der Waals surface area contributed by atoms with Crippen molar-refractivity contribution in [2.45, 2.75) is 25.8 Å². The molecule has 0 unspecified atom stereocenters. The predicted octanol–water partition coefficient (Wildman–Crippen LogP) is 3.70. The van der Waals surface area contributed by atoms with Crippen molar-refractivity contribution < 1.29 is 19.1 Å². The molecule has 1 N–H and O–H groups in total. The Hall–Kier alpha value is -3.87. The van der Waals surface area contributed by atoms with Crippen molar-refractivity contribution in [1.29, 1.82) is 0 Å². The molecule has 7 nitrogen and oxygen atoms in total. The molecule has 3 aromatic rings. The highest BCUT2D eigenvalue weighted by Crippen LogP contribution is 2.36. The van der Waals surface area contributed by atoms with Crippen LogP contribution in [0.15, 0.2) is 72.9 Å². The Bertz CT molecular complexity index is 1090. The van der Waals surface area contributed by atoms with E-state index in [1.54, 1.807) is 42.6 Å². The molecule has 7 heteroatoms. The third-order valence-corrected chi connectivity index (χ3v) is 5.64. The lowest BCUT2D eigenvalue weighted by molar-refractivity contribution is 0.0674. The third kappa shape index (κ3) is 5.31. The minimum absolute atomic E-state index is 0.110. The second kappa shape index (κ2) is 10.6. The molecule has 1 atom stereocenters. The van der Waals surface area contributed by atoms with Crippen molar-refractivity contribution >= 4 is 11.8 Å². The first-order valence-corrected chi connectivity index (χ1v) is 11.1. The fraction of sp³-hybridized carbons (Fsp3) is 0.269. The van der Waals surface area contributed by atoms with Crippen LogP contribution < -0.4 is 14.8 Å². The summed E-state index contributed by atoms with van der Waals surface area (Å²) in [5.74, 6) is 0.730. The van der Waals surface area contributed by atoms with E-state index in [2.05, 4.69) is 22.4 Å². The second-order valence-corrected chi connectivity index (χ2v) is 7.73. The van der Waals surface area contributed by atoms with Crippen molar-refractivity contribution in [2.75, 3.05) is 19.9 Å². The lowest BCUT2D eigenvalue weighted by Gasteiger charge is -2.31. The molecule has 0 radical (unpaired) electrons. The van der Waals surface area contributed by atoms with Gasteiger partial charge in [-0.25, -0.2) is 0 Å². The number of fused-ring (bicyclic) bond motifs is 1. The zero-order valence-electron chi connectivity index (χ0n) is 18.6. The van der Waals surface area contributed by atoms with E-state index in [-0.39, 0.29) is 24.6 Å². The maximum Gasteiger partial charge on any atom is 0.269 e. The lowest BCUT2D eigenvalue weighted by atomic mass is 10.00. The molecular weight excluding hydrogens is 418 g/mol. The first kappa shape index (κ1) is 22.3. The van der Waals surface area contributed by atoms with Gasteiger partial charge in [-0.1, -0.05) is 42.5 Å². The summed E-state index contributed by atoms with van der Waals surface area (Å²) in [6.07, 6.45) is 2.86. The summed E-state index contributed by atoms with van der Waals surface area (Å²) in [4.78, 5) is 31.9. The van der Waals surface area contributed by atoms with Gasteiger partial charge in [-0.3, -0.25) is 14.6 Å². The van der Waals surface area contributed by atoms with E-state index in [1.165, 1.54) is 0 Å². The van der Waals surface area contributed by atoms with E-state index in [0.29, 0.717) is 48.7 Å². The van der Waals surface area contributed by atoms with Gasteiger partial charge in [-0.05, 0) is 49.6 Å². The van der Waals surface area contributed by atoms with E-state index >= 15 is 0 Å². The molecule has 0 saturated carbocycles. The summed E-state index contributed by atoms with van der Waals surface area (Å²) in [5.41, 5.74) is 1.99. The van der Waals surface area contributed by atoms with Crippen LogP contribution in [-0.4, -0.2) is 47.6 Å². The minimum Gasteiger partial charge on any atom is -0.454 e. The molecule has 1 aliphatic rings. The molecule has 4 rings (SSSR count). The Morgan fingerprint density at radius 2 is 1.85 bits per heavy atom. The number of carbonyl (C=O) groups is 2. The predicted molar refractivity (Wildman–Crippen MR) is 124 cm³/mol. The number of hydrogen-bond donors (Lipinski definition) is 1. The van der Waals surface area contributed by atoms with E-state index in [4.69, 9.17) is 9.47 Å². The number of hydrogen-bond acceptors (Lipinski definition) is 5. The van der Waals surface area contributed by atoms with Crippen LogP contribution in [-0.2, 0) is 6.42 Å². The van der Waals surface area contributed by atoms with Gasteiger partial charge < -0.3 is 19.7 Å². The first-order chi connectivity index (χ1) is 16.2. The SMILES string of the molecule is CCN(C(=O)c1cccc2c1OCO2)[C@H](CCNC(=O)c1ccccn1)Cc1ccccc1. The number of nitrogens with one attached hydrogen (secondary N) is 1. The Kier molecular flexibility index (Phi) is 7.19. The highest BCUT2D eigenvalue weighted by molar-refractivity contribution is 5.98. The Balaban J connectivity index is 1.52. The molecular formula is C26H27N3O4. The standard InChI is InChI=1S/C26H27N3O4/c1-2-29(26(31)21-11-8-13-23-24(21)33-18-32-23)20(17-19-9-4-3-5-10-19)14-16-28-25(30)22-12-6-7-15-27-22/h3-13,15,20H,2,14,16-18H2,1H3,(H,28,30)/t20-/m1/s1. The highest BCUT2D eigenvalue weighted by atomic mass is 16.7. The van der Waals surface area contributed by atoms with E-state index in [0.717, 1.165) is 5.56 Å². The zero-order valence-corrected chi connectivity index (χ0v) is 18.6. The Morgan fingerprint density at radius 3 is 2.61 bits per heavy atom. The fourth-order valence-corrected chi connectivity index (χ4v) is 4.02. The number of amides is 2. The topological polar surface area (TPSA) is 80.8 Å². The van der Waals surface area contributed by atoms with Gasteiger partial charge in [0.05, 0.1) is 5.56 Å². The van der Waals surface area contributed by atoms with Crippen LogP contribution in [0.1, 0.15) is 39.8 Å². The Labute approximate surface area is 193 Å². The summed E-state index contributed by atoms with van der Waals surface area (Å²) in [5, 5.41) is 2.93. The van der Waals surface area contributed by atoms with Gasteiger partial charge in [0.25, 0.3) is 11.8 Å². The maximum absolute atomic E-state index is 13.6. The van der Waals surface area contributed by atoms with Gasteiger partial charge in [-0.2, -0.15) is 0 Å². The molecule has 1 aromatic heterocycles. The average molecular weight is 446 g/mol. The monoisotopic (exact) mass is 445 g/mol. The molecule has 2 heterocycles. The van der Waals surface area contributed by atoms with Crippen LogP contribution >= 0.6 is 0 Å². The summed E-state index contributed by atoms with van der Waals surface area (Å²) in [6, 6.07) is 20.5. The number of nitrogens with zero attached hydrogens (tertiary/aromatic N) is 2. The summed E-state index contributed by atoms with van der Waals surface area (Å²) in [7, 11) is 0. The van der Waals surface area contributed by atoms with Crippen LogP contribution in [0.25, 0.3) is 0 Å². The number of aromatic nitrogens is 1. The second-order valence-electron chi connectivity index (χ2n) is 7.73. The Morgan fingerprint density at radius 1 is 1.03 bits per heavy atom. The number of ether oxygens (including phenoxy) is 2. The fourth-order valence-electron chi connectivity index (χ4n) is 4.02. The molecule has 0 saturated heterocycles. The van der Waals surface area contributed by atoms with Crippen molar-refractivity contribution in [2.24, 2.45) is 0 Å². The summed E-state index contributed by atoms with van der Waals surface area (Å²) >= 11 is 0. The van der Waals surface area contributed by atoms with Crippen LogP contribution in [0.2, 0.25) is 0 Å². The molecule has 2 aromatic carbocycles. The van der Waals surface area contributed by atoms with Crippen molar-refractivity contribution in [3.05, 3.63) is 89.7 Å². The highest BCUT2D eigenvalue weighted by Gasteiger charge is 2.29. The molecule has 0 spiro atoms. The van der Waals surface area contributed by atoms with Gasteiger partial charge in [-0.15, -0.1) is 0 Å². The molecule has 33 heavy (non-hydrogen) atoms. The van der Waals surface area contributed by atoms with Gasteiger partial charge in [0.1, 0.15) is 5.69 Å². The third-order valence-electron chi connectivity index (χ3n) is 5.64. The van der Waals surface area contributed by atoms with Crippen LogP contribution in [0.4, 0.5) is 0 Å². The van der Waals surface area contributed by atoms with Crippen LogP contribution in [0.5, 0.6) is 11.5 Å². The zero-order chi connectivity index (χ0) is 23.0.